The first-order chi connectivity index (χ1) is 11.9. The van der Waals surface area contributed by atoms with Gasteiger partial charge in [0.2, 0.25) is 0 Å². The van der Waals surface area contributed by atoms with E-state index in [0.717, 1.165) is 5.75 Å². The largest absolute Gasteiger partial charge is 0.497 e. The number of ether oxygens (including phenoxy) is 1. The van der Waals surface area contributed by atoms with Crippen LogP contribution in [-0.2, 0) is 6.42 Å². The van der Waals surface area contributed by atoms with Crippen molar-refractivity contribution in [1.82, 2.24) is 0 Å². The zero-order valence-electron chi connectivity index (χ0n) is 13.8. The number of hydrogen-bond acceptors (Lipinski definition) is 1. The van der Waals surface area contributed by atoms with Gasteiger partial charge in [-0.05, 0) is 64.3 Å². The maximum atomic E-state index is 5.50. The highest BCUT2D eigenvalue weighted by molar-refractivity contribution is 5.78. The Morgan fingerprint density at radius 1 is 0.792 bits per heavy atom. The van der Waals surface area contributed by atoms with Crippen LogP contribution in [0.4, 0.5) is 0 Å². The highest BCUT2D eigenvalue weighted by atomic mass is 16.5. The average Bonchev–Trinajstić information content (AvgIpc) is 2.67. The number of hydrogen-bond donors (Lipinski definition) is 0. The maximum Gasteiger partial charge on any atom is 0.119 e. The van der Waals surface area contributed by atoms with E-state index in [-0.39, 0.29) is 0 Å². The lowest BCUT2D eigenvalue weighted by Crippen LogP contribution is -2.24. The first-order valence-electron chi connectivity index (χ1n) is 8.72. The molecule has 0 fully saturated rings. The summed E-state index contributed by atoms with van der Waals surface area (Å²) < 4.78 is 5.50. The molecule has 0 aromatic heterocycles. The highest BCUT2D eigenvalue weighted by Gasteiger charge is 2.37. The molecule has 5 rings (SSSR count). The van der Waals surface area contributed by atoms with E-state index in [1.165, 1.54) is 46.2 Å². The molecule has 0 unspecified atom stereocenters. The third kappa shape index (κ3) is 1.88. The zero-order chi connectivity index (χ0) is 16.1. The predicted octanol–water partition coefficient (Wildman–Crippen LogP) is 5.54. The van der Waals surface area contributed by atoms with Crippen LogP contribution in [0.1, 0.15) is 40.5 Å². The summed E-state index contributed by atoms with van der Waals surface area (Å²) in [6.45, 7) is 0. The van der Waals surface area contributed by atoms with E-state index in [1.807, 2.05) is 0 Å². The van der Waals surface area contributed by atoms with Crippen molar-refractivity contribution in [3.8, 4) is 16.9 Å². The fraction of sp³-hybridized carbons (Fsp3) is 0.217. The smallest absolute Gasteiger partial charge is 0.119 e. The maximum absolute atomic E-state index is 5.50. The zero-order valence-corrected chi connectivity index (χ0v) is 13.8. The summed E-state index contributed by atoms with van der Waals surface area (Å²) in [5, 5.41) is 0. The molecule has 0 saturated carbocycles. The predicted molar refractivity (Wildman–Crippen MR) is 97.8 cm³/mol. The standard InChI is InChI=1S/C23H20O/c1-24-16-11-13-21-22(14-16)19-9-5-4-8-18(19)20-12-10-15-6-2-3-7-17(15)23(20)21/h2-9,11,13-14,20,23H,10,12H2,1H3/t20-,23-/m0/s1. The number of aryl methyl sites for hydroxylation is 1. The van der Waals surface area contributed by atoms with Gasteiger partial charge in [-0.3, -0.25) is 0 Å². The lowest BCUT2D eigenvalue weighted by molar-refractivity contribution is 0.414. The summed E-state index contributed by atoms with van der Waals surface area (Å²) in [4.78, 5) is 0. The second kappa shape index (κ2) is 5.24. The first kappa shape index (κ1) is 13.9. The van der Waals surface area contributed by atoms with Crippen molar-refractivity contribution in [2.45, 2.75) is 24.7 Å². The van der Waals surface area contributed by atoms with E-state index in [0.29, 0.717) is 11.8 Å². The molecule has 24 heavy (non-hydrogen) atoms. The molecule has 1 nitrogen and oxygen atoms in total. The average molecular weight is 312 g/mol. The van der Waals surface area contributed by atoms with Gasteiger partial charge in [-0.15, -0.1) is 0 Å². The molecule has 1 heteroatoms. The van der Waals surface area contributed by atoms with E-state index in [1.54, 1.807) is 7.11 Å². The van der Waals surface area contributed by atoms with Crippen LogP contribution in [0.25, 0.3) is 11.1 Å². The highest BCUT2D eigenvalue weighted by Crippen LogP contribution is 2.54. The Labute approximate surface area is 142 Å². The van der Waals surface area contributed by atoms with E-state index in [4.69, 9.17) is 4.74 Å². The van der Waals surface area contributed by atoms with Gasteiger partial charge in [-0.25, -0.2) is 0 Å². The molecule has 0 saturated heterocycles. The fourth-order valence-electron chi connectivity index (χ4n) is 4.71. The van der Waals surface area contributed by atoms with Crippen LogP contribution in [0.5, 0.6) is 5.75 Å². The van der Waals surface area contributed by atoms with Crippen molar-refractivity contribution < 1.29 is 4.74 Å². The molecule has 118 valence electrons. The van der Waals surface area contributed by atoms with Crippen molar-refractivity contribution >= 4 is 0 Å². The van der Waals surface area contributed by atoms with E-state index in [2.05, 4.69) is 66.7 Å². The summed E-state index contributed by atoms with van der Waals surface area (Å²) in [6, 6.07) is 24.5. The Bertz CT molecular complexity index is 925. The van der Waals surface area contributed by atoms with Crippen LogP contribution >= 0.6 is 0 Å². The summed E-state index contributed by atoms with van der Waals surface area (Å²) in [5.74, 6) is 1.98. The van der Waals surface area contributed by atoms with Crippen LogP contribution in [0.15, 0.2) is 66.7 Å². The van der Waals surface area contributed by atoms with Crippen molar-refractivity contribution in [3.05, 3.63) is 89.0 Å². The lowest BCUT2D eigenvalue weighted by Gasteiger charge is -2.40. The Morgan fingerprint density at radius 3 is 2.46 bits per heavy atom. The van der Waals surface area contributed by atoms with Crippen molar-refractivity contribution in [2.24, 2.45) is 0 Å². The minimum absolute atomic E-state index is 0.464. The van der Waals surface area contributed by atoms with Crippen molar-refractivity contribution in [3.63, 3.8) is 0 Å². The molecule has 2 atom stereocenters. The lowest BCUT2D eigenvalue weighted by atomic mass is 9.63. The van der Waals surface area contributed by atoms with Gasteiger partial charge in [-0.2, -0.15) is 0 Å². The molecule has 0 bridgehead atoms. The first-order valence-corrected chi connectivity index (χ1v) is 8.72. The van der Waals surface area contributed by atoms with Crippen LogP contribution < -0.4 is 4.74 Å². The molecule has 3 aromatic rings. The molecule has 2 aliphatic carbocycles. The molecule has 2 aliphatic rings. The number of methoxy groups -OCH3 is 1. The second-order valence-electron chi connectivity index (χ2n) is 6.86. The Kier molecular flexibility index (Phi) is 3.02. The topological polar surface area (TPSA) is 9.23 Å². The number of rotatable bonds is 1. The molecular formula is C23H20O. The summed E-state index contributed by atoms with van der Waals surface area (Å²) in [7, 11) is 1.75. The SMILES string of the molecule is COc1ccc2c(c1)-c1ccccc1[C@@H]1CCc3ccccc3[C@H]21. The molecule has 0 aliphatic heterocycles. The third-order valence-electron chi connectivity index (χ3n) is 5.76. The van der Waals surface area contributed by atoms with Gasteiger partial charge in [0.05, 0.1) is 7.11 Å². The minimum atomic E-state index is 0.464. The van der Waals surface area contributed by atoms with Gasteiger partial charge in [0, 0.05) is 5.92 Å². The van der Waals surface area contributed by atoms with Gasteiger partial charge >= 0.3 is 0 Å². The third-order valence-corrected chi connectivity index (χ3v) is 5.76. The van der Waals surface area contributed by atoms with E-state index >= 15 is 0 Å². The van der Waals surface area contributed by atoms with Crippen molar-refractivity contribution in [2.75, 3.05) is 7.11 Å². The number of benzene rings is 3. The summed E-state index contributed by atoms with van der Waals surface area (Å²) >= 11 is 0. The van der Waals surface area contributed by atoms with Crippen molar-refractivity contribution in [1.29, 1.82) is 0 Å². The second-order valence-corrected chi connectivity index (χ2v) is 6.86. The van der Waals surface area contributed by atoms with Gasteiger partial charge in [0.15, 0.2) is 0 Å². The Balaban J connectivity index is 1.81. The van der Waals surface area contributed by atoms with Gasteiger partial charge < -0.3 is 4.74 Å². The van der Waals surface area contributed by atoms with Gasteiger partial charge in [0.25, 0.3) is 0 Å². The van der Waals surface area contributed by atoms with Gasteiger partial charge in [0.1, 0.15) is 5.75 Å². The molecule has 0 spiro atoms. The fourth-order valence-corrected chi connectivity index (χ4v) is 4.71. The minimum Gasteiger partial charge on any atom is -0.497 e. The van der Waals surface area contributed by atoms with Crippen LogP contribution in [-0.4, -0.2) is 7.11 Å². The summed E-state index contributed by atoms with van der Waals surface area (Å²) in [5.41, 5.74) is 8.69. The summed E-state index contributed by atoms with van der Waals surface area (Å²) in [6.07, 6.45) is 2.40. The Hall–Kier alpha value is -2.54. The van der Waals surface area contributed by atoms with Crippen LogP contribution in [0.2, 0.25) is 0 Å². The quantitative estimate of drug-likeness (QED) is 0.573. The van der Waals surface area contributed by atoms with Crippen LogP contribution in [0, 0.1) is 0 Å². The molecular weight excluding hydrogens is 292 g/mol. The Morgan fingerprint density at radius 2 is 1.58 bits per heavy atom. The molecule has 0 radical (unpaired) electrons. The molecule has 0 amide bonds. The van der Waals surface area contributed by atoms with E-state index in [9.17, 15) is 0 Å². The van der Waals surface area contributed by atoms with E-state index < -0.39 is 0 Å². The monoisotopic (exact) mass is 312 g/mol. The molecule has 0 N–H and O–H groups in total. The van der Waals surface area contributed by atoms with Gasteiger partial charge in [-0.1, -0.05) is 54.6 Å². The molecule has 3 aromatic carbocycles. The molecule has 0 heterocycles. The normalized spacial score (nSPS) is 20.4. The number of fused-ring (bicyclic) bond motifs is 8. The van der Waals surface area contributed by atoms with Crippen LogP contribution in [0.3, 0.4) is 0 Å².